The second-order valence-corrected chi connectivity index (χ2v) is 5.77. The lowest BCUT2D eigenvalue weighted by molar-refractivity contribution is 0.179. The van der Waals surface area contributed by atoms with Crippen molar-refractivity contribution in [1.82, 2.24) is 4.90 Å². The van der Waals surface area contributed by atoms with Gasteiger partial charge in [-0.1, -0.05) is 30.3 Å². The minimum atomic E-state index is 0.627. The molecule has 1 aromatic carbocycles. The average Bonchev–Trinajstić information content (AvgIpc) is 2.72. The number of nitrogens with zero attached hydrogens (tertiary/aromatic N) is 1. The summed E-state index contributed by atoms with van der Waals surface area (Å²) < 4.78 is 0. The molecular formula is C17H25N. The van der Waals surface area contributed by atoms with Crippen molar-refractivity contribution < 1.29 is 0 Å². The number of rotatable bonds is 5. The summed E-state index contributed by atoms with van der Waals surface area (Å²) in [6.45, 7) is 10.3. The van der Waals surface area contributed by atoms with Crippen molar-refractivity contribution in [1.29, 1.82) is 0 Å². The monoisotopic (exact) mass is 243 g/mol. The molecule has 0 radical (unpaired) electrons. The molecule has 1 aliphatic rings. The highest BCUT2D eigenvalue weighted by Gasteiger charge is 2.17. The largest absolute Gasteiger partial charge is 0.298 e. The van der Waals surface area contributed by atoms with E-state index >= 15 is 0 Å². The molecule has 0 fully saturated rings. The van der Waals surface area contributed by atoms with Gasteiger partial charge in [-0.2, -0.15) is 0 Å². The quantitative estimate of drug-likeness (QED) is 0.751. The first-order valence-electron chi connectivity index (χ1n) is 7.12. The van der Waals surface area contributed by atoms with Crippen molar-refractivity contribution in [3.05, 3.63) is 41.5 Å². The van der Waals surface area contributed by atoms with Crippen LogP contribution in [0.5, 0.6) is 0 Å². The number of fused-ring (bicyclic) bond motifs is 1. The summed E-state index contributed by atoms with van der Waals surface area (Å²) in [5, 5.41) is 0. The molecule has 0 saturated heterocycles. The van der Waals surface area contributed by atoms with Crippen molar-refractivity contribution >= 4 is 5.57 Å². The molecule has 0 amide bonds. The van der Waals surface area contributed by atoms with E-state index in [0.29, 0.717) is 12.1 Å². The van der Waals surface area contributed by atoms with Crippen LogP contribution in [-0.2, 0) is 6.42 Å². The van der Waals surface area contributed by atoms with Gasteiger partial charge < -0.3 is 0 Å². The fourth-order valence-electron chi connectivity index (χ4n) is 2.95. The molecule has 1 heteroatoms. The standard InChI is InChI=1S/C17H25N/c1-13(2)18(14(3)4)12-11-16-10-9-15-7-5-6-8-17(15)16/h5-8,10,13-14H,9,11-12H2,1-4H3. The van der Waals surface area contributed by atoms with E-state index in [1.54, 1.807) is 0 Å². The van der Waals surface area contributed by atoms with Gasteiger partial charge >= 0.3 is 0 Å². The minimum absolute atomic E-state index is 0.627. The van der Waals surface area contributed by atoms with Crippen molar-refractivity contribution in [2.75, 3.05) is 6.54 Å². The number of hydrogen-bond donors (Lipinski definition) is 0. The summed E-state index contributed by atoms with van der Waals surface area (Å²) in [6, 6.07) is 10.1. The van der Waals surface area contributed by atoms with Crippen LogP contribution < -0.4 is 0 Å². The molecule has 0 bridgehead atoms. The zero-order valence-electron chi connectivity index (χ0n) is 12.1. The predicted octanol–water partition coefficient (Wildman–Crippen LogP) is 4.14. The van der Waals surface area contributed by atoms with Crippen LogP contribution in [0.4, 0.5) is 0 Å². The lowest BCUT2D eigenvalue weighted by atomic mass is 10.0. The summed E-state index contributed by atoms with van der Waals surface area (Å²) >= 11 is 0. The first-order valence-corrected chi connectivity index (χ1v) is 7.12. The highest BCUT2D eigenvalue weighted by molar-refractivity contribution is 5.72. The Balaban J connectivity index is 2.00. The highest BCUT2D eigenvalue weighted by Crippen LogP contribution is 2.29. The Hall–Kier alpha value is -1.08. The molecule has 0 heterocycles. The molecule has 0 atom stereocenters. The summed E-state index contributed by atoms with van der Waals surface area (Å²) in [5.74, 6) is 0. The number of hydrogen-bond acceptors (Lipinski definition) is 1. The number of benzene rings is 1. The van der Waals surface area contributed by atoms with Crippen LogP contribution in [0.1, 0.15) is 45.2 Å². The van der Waals surface area contributed by atoms with E-state index in [1.807, 2.05) is 0 Å². The number of allylic oxidation sites excluding steroid dienone is 1. The van der Waals surface area contributed by atoms with E-state index in [9.17, 15) is 0 Å². The van der Waals surface area contributed by atoms with Crippen molar-refractivity contribution in [3.8, 4) is 0 Å². The summed E-state index contributed by atoms with van der Waals surface area (Å²) in [6.07, 6.45) is 4.70. The smallest absolute Gasteiger partial charge is 0.00414 e. The Morgan fingerprint density at radius 1 is 1.06 bits per heavy atom. The van der Waals surface area contributed by atoms with Gasteiger partial charge in [0.2, 0.25) is 0 Å². The molecule has 0 aromatic heterocycles. The van der Waals surface area contributed by atoms with Gasteiger partial charge in [-0.25, -0.2) is 0 Å². The van der Waals surface area contributed by atoms with Crippen LogP contribution in [0.25, 0.3) is 5.57 Å². The van der Waals surface area contributed by atoms with E-state index < -0.39 is 0 Å². The van der Waals surface area contributed by atoms with Gasteiger partial charge in [0.15, 0.2) is 0 Å². The Kier molecular flexibility index (Phi) is 4.23. The average molecular weight is 243 g/mol. The van der Waals surface area contributed by atoms with E-state index in [0.717, 1.165) is 13.0 Å². The molecule has 1 nitrogen and oxygen atoms in total. The fraction of sp³-hybridized carbons (Fsp3) is 0.529. The third-order valence-electron chi connectivity index (χ3n) is 3.90. The van der Waals surface area contributed by atoms with Gasteiger partial charge in [0, 0.05) is 18.6 Å². The fourth-order valence-corrected chi connectivity index (χ4v) is 2.95. The normalized spacial score (nSPS) is 14.5. The molecule has 18 heavy (non-hydrogen) atoms. The van der Waals surface area contributed by atoms with Crippen LogP contribution >= 0.6 is 0 Å². The molecule has 0 N–H and O–H groups in total. The molecule has 0 aliphatic heterocycles. The predicted molar refractivity (Wildman–Crippen MR) is 79.7 cm³/mol. The van der Waals surface area contributed by atoms with E-state index in [-0.39, 0.29) is 0 Å². The maximum absolute atomic E-state index is 2.57. The molecule has 0 spiro atoms. The lowest BCUT2D eigenvalue weighted by Crippen LogP contribution is -2.37. The van der Waals surface area contributed by atoms with E-state index in [1.165, 1.54) is 23.1 Å². The van der Waals surface area contributed by atoms with Gasteiger partial charge in [-0.05, 0) is 57.2 Å². The lowest BCUT2D eigenvalue weighted by Gasteiger charge is -2.30. The summed E-state index contributed by atoms with van der Waals surface area (Å²) in [7, 11) is 0. The van der Waals surface area contributed by atoms with Gasteiger partial charge in [0.1, 0.15) is 0 Å². The third kappa shape index (κ3) is 2.84. The molecule has 0 unspecified atom stereocenters. The summed E-state index contributed by atoms with van der Waals surface area (Å²) in [4.78, 5) is 2.57. The minimum Gasteiger partial charge on any atom is -0.298 e. The Bertz CT molecular complexity index is 421. The Morgan fingerprint density at radius 3 is 2.39 bits per heavy atom. The van der Waals surface area contributed by atoms with Gasteiger partial charge in [-0.15, -0.1) is 0 Å². The SMILES string of the molecule is CC(C)N(CCC1=CCc2ccccc21)C(C)C. The molecule has 1 aliphatic carbocycles. The Labute approximate surface area is 112 Å². The second kappa shape index (κ2) is 5.71. The maximum atomic E-state index is 2.57. The first kappa shape index (κ1) is 13.4. The second-order valence-electron chi connectivity index (χ2n) is 5.77. The van der Waals surface area contributed by atoms with Crippen LogP contribution in [0, 0.1) is 0 Å². The van der Waals surface area contributed by atoms with Gasteiger partial charge in [0.25, 0.3) is 0 Å². The Morgan fingerprint density at radius 2 is 1.72 bits per heavy atom. The van der Waals surface area contributed by atoms with Crippen LogP contribution in [0.15, 0.2) is 30.3 Å². The van der Waals surface area contributed by atoms with Crippen LogP contribution in [0.3, 0.4) is 0 Å². The summed E-state index contributed by atoms with van der Waals surface area (Å²) in [5.41, 5.74) is 4.51. The van der Waals surface area contributed by atoms with E-state index in [4.69, 9.17) is 0 Å². The maximum Gasteiger partial charge on any atom is 0.00414 e. The molecular weight excluding hydrogens is 218 g/mol. The molecule has 2 rings (SSSR count). The van der Waals surface area contributed by atoms with Gasteiger partial charge in [0.05, 0.1) is 0 Å². The van der Waals surface area contributed by atoms with Gasteiger partial charge in [-0.3, -0.25) is 4.90 Å². The zero-order chi connectivity index (χ0) is 13.1. The molecule has 1 aromatic rings. The van der Waals surface area contributed by atoms with Crippen LogP contribution in [0.2, 0.25) is 0 Å². The third-order valence-corrected chi connectivity index (χ3v) is 3.90. The van der Waals surface area contributed by atoms with E-state index in [2.05, 4.69) is 62.9 Å². The first-order chi connectivity index (χ1) is 8.59. The van der Waals surface area contributed by atoms with Crippen molar-refractivity contribution in [2.45, 2.75) is 52.6 Å². The van der Waals surface area contributed by atoms with Crippen molar-refractivity contribution in [3.63, 3.8) is 0 Å². The molecule has 0 saturated carbocycles. The molecule has 98 valence electrons. The van der Waals surface area contributed by atoms with Crippen molar-refractivity contribution in [2.24, 2.45) is 0 Å². The topological polar surface area (TPSA) is 3.24 Å². The van der Waals surface area contributed by atoms with Crippen LogP contribution in [-0.4, -0.2) is 23.5 Å². The zero-order valence-corrected chi connectivity index (χ0v) is 12.1. The highest BCUT2D eigenvalue weighted by atomic mass is 15.2.